The first-order valence-electron chi connectivity index (χ1n) is 14.7. The third-order valence-electron chi connectivity index (χ3n) is 8.04. The smallest absolute Gasteiger partial charge is 0.416 e. The van der Waals surface area contributed by atoms with Gasteiger partial charge in [0.25, 0.3) is 0 Å². The van der Waals surface area contributed by atoms with E-state index < -0.39 is 17.7 Å². The molecule has 3 nitrogen and oxygen atoms in total. The number of rotatable bonds is 6. The second kappa shape index (κ2) is 13.1. The minimum absolute atomic E-state index is 0.139. The quantitative estimate of drug-likeness (QED) is 0.229. The van der Waals surface area contributed by atoms with Crippen LogP contribution in [0.1, 0.15) is 67.9 Å². The molecule has 0 aliphatic carbocycles. The molecule has 1 aliphatic heterocycles. The summed E-state index contributed by atoms with van der Waals surface area (Å²) in [4.78, 5) is 14.4. The summed E-state index contributed by atoms with van der Waals surface area (Å²) in [6.07, 6.45) is 3.39. The van der Waals surface area contributed by atoms with E-state index in [1.54, 1.807) is 12.1 Å². The van der Waals surface area contributed by atoms with E-state index in [2.05, 4.69) is 36.8 Å². The number of terminal acetylenes is 1. The first kappa shape index (κ1) is 31.8. The number of hydrogen-bond acceptors (Lipinski definition) is 2. The molecule has 0 aromatic heterocycles. The lowest BCUT2D eigenvalue weighted by atomic mass is 9.86. The van der Waals surface area contributed by atoms with E-state index in [9.17, 15) is 23.1 Å². The summed E-state index contributed by atoms with van der Waals surface area (Å²) in [5.41, 5.74) is 3.64. The summed E-state index contributed by atoms with van der Waals surface area (Å²) in [6.45, 7) is 11.1. The van der Waals surface area contributed by atoms with Crippen molar-refractivity contribution in [2.45, 2.75) is 52.6 Å². The highest BCUT2D eigenvalue weighted by molar-refractivity contribution is 6.04. The molecule has 1 heterocycles. The zero-order chi connectivity index (χ0) is 31.4. The van der Waals surface area contributed by atoms with Gasteiger partial charge in [0.2, 0.25) is 0 Å². The van der Waals surface area contributed by atoms with E-state index in [0.29, 0.717) is 22.4 Å². The van der Waals surface area contributed by atoms with E-state index in [-0.39, 0.29) is 11.0 Å². The Morgan fingerprint density at radius 1 is 0.884 bits per heavy atom. The maximum Gasteiger partial charge on any atom is 0.416 e. The van der Waals surface area contributed by atoms with Crippen molar-refractivity contribution in [3.8, 4) is 34.6 Å². The maximum atomic E-state index is 13.0. The molecule has 0 amide bonds. The lowest BCUT2D eigenvalue weighted by Gasteiger charge is -2.35. The Labute approximate surface area is 252 Å². The van der Waals surface area contributed by atoms with Crippen LogP contribution in [0, 0.1) is 17.8 Å². The SMILES string of the molecule is C#CC(C)(C)CN1CCC(c2ccc(-c3cc(C(=O)O)cc4cc(-c5ccc(C(F)(F)F)cc5)ccc34)cc2)CC1.CC. The molecule has 43 heavy (non-hydrogen) atoms. The highest BCUT2D eigenvalue weighted by Gasteiger charge is 2.30. The Morgan fingerprint density at radius 2 is 1.47 bits per heavy atom. The fourth-order valence-corrected chi connectivity index (χ4v) is 5.73. The number of carboxylic acids is 1. The number of likely N-dealkylation sites (tertiary alicyclic amines) is 1. The third-order valence-corrected chi connectivity index (χ3v) is 8.04. The lowest BCUT2D eigenvalue weighted by molar-refractivity contribution is -0.137. The lowest BCUT2D eigenvalue weighted by Crippen LogP contribution is -2.39. The Balaban J connectivity index is 0.00000207. The van der Waals surface area contributed by atoms with Gasteiger partial charge in [-0.1, -0.05) is 68.3 Å². The van der Waals surface area contributed by atoms with Gasteiger partial charge in [-0.25, -0.2) is 4.79 Å². The molecule has 1 aliphatic rings. The first-order valence-corrected chi connectivity index (χ1v) is 14.7. The predicted molar refractivity (Wildman–Crippen MR) is 169 cm³/mol. The van der Waals surface area contributed by atoms with E-state index in [0.717, 1.165) is 61.1 Å². The van der Waals surface area contributed by atoms with Crippen molar-refractivity contribution in [3.05, 3.63) is 95.6 Å². The summed E-state index contributed by atoms with van der Waals surface area (Å²) in [7, 11) is 0. The summed E-state index contributed by atoms with van der Waals surface area (Å²) in [5.74, 6) is 2.30. The number of carboxylic acid groups (broad SMARTS) is 1. The predicted octanol–water partition coefficient (Wildman–Crippen LogP) is 9.76. The Morgan fingerprint density at radius 3 is 2.02 bits per heavy atom. The van der Waals surface area contributed by atoms with Crippen LogP contribution < -0.4 is 0 Å². The topological polar surface area (TPSA) is 40.5 Å². The molecule has 0 atom stereocenters. The fourth-order valence-electron chi connectivity index (χ4n) is 5.73. The molecule has 4 aromatic rings. The average Bonchev–Trinajstić information content (AvgIpc) is 3.01. The van der Waals surface area contributed by atoms with Crippen LogP contribution in [0.3, 0.4) is 0 Å². The summed E-state index contributed by atoms with van der Waals surface area (Å²) in [5, 5.41) is 11.4. The minimum atomic E-state index is -4.40. The number of fused-ring (bicyclic) bond motifs is 1. The maximum absolute atomic E-state index is 13.0. The van der Waals surface area contributed by atoms with Crippen LogP contribution in [0.15, 0.2) is 78.9 Å². The molecule has 0 bridgehead atoms. The second-order valence-corrected chi connectivity index (χ2v) is 11.5. The number of nitrogens with zero attached hydrogens (tertiary/aromatic N) is 1. The highest BCUT2D eigenvalue weighted by atomic mass is 19.4. The molecule has 0 saturated carbocycles. The summed E-state index contributed by atoms with van der Waals surface area (Å²) >= 11 is 0. The fraction of sp³-hybridized carbons (Fsp3) is 0.324. The van der Waals surface area contributed by atoms with Crippen LogP contribution in [0.5, 0.6) is 0 Å². The standard InChI is InChI=1S/C35H32F3NO2.C2H6/c1-4-34(2,3)22-39-17-15-25(16-18-39)23-5-7-26(8-6-23)32-21-29(33(40)41)20-28-19-27(11-14-31(28)32)24-9-12-30(13-10-24)35(36,37)38;1-2/h1,5-14,19-21,25H,15-18,22H2,2-3H3,(H,40,41);1-2H3. The summed E-state index contributed by atoms with van der Waals surface area (Å²) in [6, 6.07) is 22.2. The van der Waals surface area contributed by atoms with Crippen LogP contribution in [-0.4, -0.2) is 35.6 Å². The van der Waals surface area contributed by atoms with E-state index in [4.69, 9.17) is 6.42 Å². The average molecular weight is 586 g/mol. The van der Waals surface area contributed by atoms with Crippen molar-refractivity contribution < 1.29 is 23.1 Å². The molecule has 5 rings (SSSR count). The highest BCUT2D eigenvalue weighted by Crippen LogP contribution is 2.36. The number of carbonyl (C=O) groups is 1. The third kappa shape index (κ3) is 7.47. The Hall–Kier alpha value is -4.08. The molecule has 0 unspecified atom stereocenters. The zero-order valence-electron chi connectivity index (χ0n) is 25.1. The largest absolute Gasteiger partial charge is 0.478 e. The van der Waals surface area contributed by atoms with Crippen molar-refractivity contribution in [1.82, 2.24) is 4.90 Å². The number of piperidine rings is 1. The van der Waals surface area contributed by atoms with Crippen molar-refractivity contribution in [2.75, 3.05) is 19.6 Å². The van der Waals surface area contributed by atoms with Crippen LogP contribution in [-0.2, 0) is 6.18 Å². The second-order valence-electron chi connectivity index (χ2n) is 11.5. The van der Waals surface area contributed by atoms with E-state index >= 15 is 0 Å². The zero-order valence-corrected chi connectivity index (χ0v) is 25.1. The molecule has 4 aromatic carbocycles. The Bertz CT molecular complexity index is 1610. The molecule has 0 spiro atoms. The Kier molecular flexibility index (Phi) is 9.67. The minimum Gasteiger partial charge on any atom is -0.478 e. The van der Waals surface area contributed by atoms with Crippen LogP contribution in [0.25, 0.3) is 33.0 Å². The van der Waals surface area contributed by atoms with E-state index in [1.807, 2.05) is 44.2 Å². The normalized spacial score (nSPS) is 14.6. The van der Waals surface area contributed by atoms with Gasteiger partial charge in [-0.2, -0.15) is 13.2 Å². The molecule has 6 heteroatoms. The number of benzene rings is 4. The van der Waals surface area contributed by atoms with Crippen molar-refractivity contribution >= 4 is 16.7 Å². The van der Waals surface area contributed by atoms with Gasteiger partial charge in [-0.3, -0.25) is 0 Å². The van der Waals surface area contributed by atoms with Crippen molar-refractivity contribution in [3.63, 3.8) is 0 Å². The first-order chi connectivity index (χ1) is 20.4. The molecular formula is C37H38F3NO2. The molecular weight excluding hydrogens is 547 g/mol. The molecule has 0 radical (unpaired) electrons. The van der Waals surface area contributed by atoms with Gasteiger partial charge in [0.15, 0.2) is 0 Å². The monoisotopic (exact) mass is 585 g/mol. The molecule has 224 valence electrons. The van der Waals surface area contributed by atoms with Gasteiger partial charge >= 0.3 is 12.1 Å². The molecule has 1 fully saturated rings. The van der Waals surface area contributed by atoms with Crippen LogP contribution >= 0.6 is 0 Å². The number of halogens is 3. The van der Waals surface area contributed by atoms with Gasteiger partial charge in [0, 0.05) is 12.0 Å². The number of alkyl halides is 3. The van der Waals surface area contributed by atoms with Crippen molar-refractivity contribution in [2.24, 2.45) is 5.41 Å². The van der Waals surface area contributed by atoms with Gasteiger partial charge in [-0.15, -0.1) is 6.42 Å². The molecule has 1 N–H and O–H groups in total. The number of hydrogen-bond donors (Lipinski definition) is 1. The number of aromatic carboxylic acids is 1. The molecule has 1 saturated heterocycles. The van der Waals surface area contributed by atoms with Gasteiger partial charge in [0.05, 0.1) is 11.1 Å². The van der Waals surface area contributed by atoms with Gasteiger partial charge in [-0.05, 0) is 115 Å². The van der Waals surface area contributed by atoms with Gasteiger partial charge in [0.1, 0.15) is 0 Å². The van der Waals surface area contributed by atoms with E-state index in [1.165, 1.54) is 17.7 Å². The van der Waals surface area contributed by atoms with Crippen LogP contribution in [0.2, 0.25) is 0 Å². The van der Waals surface area contributed by atoms with Crippen LogP contribution in [0.4, 0.5) is 13.2 Å². The van der Waals surface area contributed by atoms with Crippen molar-refractivity contribution in [1.29, 1.82) is 0 Å². The summed E-state index contributed by atoms with van der Waals surface area (Å²) < 4.78 is 39.0. The van der Waals surface area contributed by atoms with Gasteiger partial charge < -0.3 is 10.0 Å².